The molecule has 0 saturated carbocycles. The van der Waals surface area contributed by atoms with Crippen molar-refractivity contribution in [3.05, 3.63) is 35.9 Å². The Bertz CT molecular complexity index is 319. The first-order chi connectivity index (χ1) is 6.72. The Morgan fingerprint density at radius 3 is 2.36 bits per heavy atom. The van der Waals surface area contributed by atoms with Crippen LogP contribution in [0.2, 0.25) is 0 Å². The van der Waals surface area contributed by atoms with Gasteiger partial charge in [0.15, 0.2) is 0 Å². The van der Waals surface area contributed by atoms with Gasteiger partial charge in [0.05, 0.1) is 6.42 Å². The van der Waals surface area contributed by atoms with Crippen LogP contribution in [0.1, 0.15) is 18.9 Å². The van der Waals surface area contributed by atoms with Crippen molar-refractivity contribution in [1.29, 1.82) is 0 Å². The molecule has 0 saturated heterocycles. The van der Waals surface area contributed by atoms with Crippen molar-refractivity contribution in [2.45, 2.75) is 19.8 Å². The lowest BCUT2D eigenvalue weighted by Crippen LogP contribution is -2.30. The van der Waals surface area contributed by atoms with E-state index in [1.807, 2.05) is 30.3 Å². The summed E-state index contributed by atoms with van der Waals surface area (Å²) in [5.74, 6) is -0.478. The van der Waals surface area contributed by atoms with Crippen LogP contribution in [-0.2, 0) is 16.0 Å². The average molecular weight is 191 g/mol. The van der Waals surface area contributed by atoms with Gasteiger partial charge in [0.1, 0.15) is 0 Å². The SMILES string of the molecule is CCC(=O)NC(=O)Cc1ccccc1. The van der Waals surface area contributed by atoms with Crippen LogP contribution in [0.15, 0.2) is 30.3 Å². The highest BCUT2D eigenvalue weighted by Gasteiger charge is 2.05. The van der Waals surface area contributed by atoms with Gasteiger partial charge in [0, 0.05) is 6.42 Å². The Labute approximate surface area is 83.1 Å². The number of hydrogen-bond donors (Lipinski definition) is 1. The fourth-order valence-electron chi connectivity index (χ4n) is 1.07. The normalized spacial score (nSPS) is 9.50. The largest absolute Gasteiger partial charge is 0.296 e. The highest BCUT2D eigenvalue weighted by molar-refractivity contribution is 5.95. The summed E-state index contributed by atoms with van der Waals surface area (Å²) in [7, 11) is 0. The van der Waals surface area contributed by atoms with Gasteiger partial charge in [-0.1, -0.05) is 37.3 Å². The van der Waals surface area contributed by atoms with Crippen LogP contribution in [0.3, 0.4) is 0 Å². The lowest BCUT2D eigenvalue weighted by atomic mass is 10.1. The number of carbonyl (C=O) groups excluding carboxylic acids is 2. The van der Waals surface area contributed by atoms with Gasteiger partial charge in [-0.3, -0.25) is 14.9 Å². The number of hydrogen-bond acceptors (Lipinski definition) is 2. The molecule has 0 fully saturated rings. The molecule has 0 radical (unpaired) electrons. The van der Waals surface area contributed by atoms with Crippen molar-refractivity contribution in [3.63, 3.8) is 0 Å². The third kappa shape index (κ3) is 3.39. The van der Waals surface area contributed by atoms with Crippen molar-refractivity contribution in [2.24, 2.45) is 0 Å². The third-order valence-electron chi connectivity index (χ3n) is 1.81. The monoisotopic (exact) mass is 191 g/mol. The Morgan fingerprint density at radius 2 is 1.79 bits per heavy atom. The van der Waals surface area contributed by atoms with Crippen molar-refractivity contribution < 1.29 is 9.59 Å². The number of imide groups is 1. The van der Waals surface area contributed by atoms with E-state index in [1.165, 1.54) is 0 Å². The second-order valence-corrected chi connectivity index (χ2v) is 2.99. The number of rotatable bonds is 3. The molecule has 0 bridgehead atoms. The highest BCUT2D eigenvalue weighted by atomic mass is 16.2. The molecular formula is C11H13NO2. The summed E-state index contributed by atoms with van der Waals surface area (Å²) in [4.78, 5) is 22.1. The quantitative estimate of drug-likeness (QED) is 0.782. The molecule has 14 heavy (non-hydrogen) atoms. The van der Waals surface area contributed by atoms with Crippen molar-refractivity contribution in [3.8, 4) is 0 Å². The first-order valence-corrected chi connectivity index (χ1v) is 4.59. The molecule has 74 valence electrons. The first-order valence-electron chi connectivity index (χ1n) is 4.59. The predicted molar refractivity (Wildman–Crippen MR) is 53.6 cm³/mol. The van der Waals surface area contributed by atoms with Crippen LogP contribution < -0.4 is 5.32 Å². The second kappa shape index (κ2) is 5.17. The zero-order valence-corrected chi connectivity index (χ0v) is 8.12. The maximum atomic E-state index is 11.2. The minimum Gasteiger partial charge on any atom is -0.296 e. The van der Waals surface area contributed by atoms with Crippen LogP contribution in [0, 0.1) is 0 Å². The number of amides is 2. The molecule has 0 aliphatic carbocycles. The van der Waals surface area contributed by atoms with Crippen molar-refractivity contribution >= 4 is 11.8 Å². The summed E-state index contributed by atoms with van der Waals surface area (Å²) in [6.45, 7) is 1.71. The van der Waals surface area contributed by atoms with Crippen molar-refractivity contribution in [1.82, 2.24) is 5.32 Å². The van der Waals surface area contributed by atoms with E-state index in [-0.39, 0.29) is 18.2 Å². The van der Waals surface area contributed by atoms with E-state index < -0.39 is 0 Å². The van der Waals surface area contributed by atoms with Gasteiger partial charge in [-0.25, -0.2) is 0 Å². The van der Waals surface area contributed by atoms with Gasteiger partial charge in [-0.2, -0.15) is 0 Å². The van der Waals surface area contributed by atoms with E-state index in [1.54, 1.807) is 6.92 Å². The lowest BCUT2D eigenvalue weighted by Gasteiger charge is -2.01. The molecule has 3 heteroatoms. The Balaban J connectivity index is 2.46. The summed E-state index contributed by atoms with van der Waals surface area (Å²) in [5, 5.41) is 2.30. The molecule has 0 unspecified atom stereocenters. The maximum absolute atomic E-state index is 11.2. The number of benzene rings is 1. The van der Waals surface area contributed by atoms with Crippen LogP contribution in [0.25, 0.3) is 0 Å². The molecule has 0 aliphatic rings. The topological polar surface area (TPSA) is 46.2 Å². The van der Waals surface area contributed by atoms with Crippen LogP contribution in [-0.4, -0.2) is 11.8 Å². The van der Waals surface area contributed by atoms with Gasteiger partial charge >= 0.3 is 0 Å². The van der Waals surface area contributed by atoms with E-state index in [4.69, 9.17) is 0 Å². The third-order valence-corrected chi connectivity index (χ3v) is 1.81. The molecule has 3 nitrogen and oxygen atoms in total. The average Bonchev–Trinajstić information content (AvgIpc) is 2.19. The highest BCUT2D eigenvalue weighted by Crippen LogP contribution is 1.98. The zero-order valence-electron chi connectivity index (χ0n) is 8.12. The van der Waals surface area contributed by atoms with Gasteiger partial charge < -0.3 is 0 Å². The Kier molecular flexibility index (Phi) is 3.85. The molecule has 1 aromatic carbocycles. The van der Waals surface area contributed by atoms with E-state index in [2.05, 4.69) is 5.32 Å². The minimum absolute atomic E-state index is 0.231. The maximum Gasteiger partial charge on any atom is 0.230 e. The van der Waals surface area contributed by atoms with Crippen molar-refractivity contribution in [2.75, 3.05) is 0 Å². The van der Waals surface area contributed by atoms with E-state index >= 15 is 0 Å². The van der Waals surface area contributed by atoms with Gasteiger partial charge in [0.25, 0.3) is 0 Å². The number of nitrogens with one attached hydrogen (secondary N) is 1. The van der Waals surface area contributed by atoms with Crippen LogP contribution in [0.4, 0.5) is 0 Å². The summed E-state index contributed by atoms with van der Waals surface area (Å²) in [5.41, 5.74) is 0.911. The van der Waals surface area contributed by atoms with E-state index in [9.17, 15) is 9.59 Å². The van der Waals surface area contributed by atoms with Gasteiger partial charge in [0.2, 0.25) is 11.8 Å². The van der Waals surface area contributed by atoms with E-state index in [0.717, 1.165) is 5.56 Å². The van der Waals surface area contributed by atoms with Crippen LogP contribution in [0.5, 0.6) is 0 Å². The van der Waals surface area contributed by atoms with E-state index in [0.29, 0.717) is 6.42 Å². The fourth-order valence-corrected chi connectivity index (χ4v) is 1.07. The Morgan fingerprint density at radius 1 is 1.14 bits per heavy atom. The number of carbonyl (C=O) groups is 2. The molecule has 0 heterocycles. The molecule has 0 atom stereocenters. The molecule has 1 N–H and O–H groups in total. The zero-order chi connectivity index (χ0) is 10.4. The fraction of sp³-hybridized carbons (Fsp3) is 0.273. The molecule has 1 aromatic rings. The molecule has 0 aliphatic heterocycles. The minimum atomic E-state index is -0.247. The first kappa shape index (κ1) is 10.4. The van der Waals surface area contributed by atoms with Crippen LogP contribution >= 0.6 is 0 Å². The lowest BCUT2D eigenvalue weighted by molar-refractivity contribution is -0.129. The summed E-state index contributed by atoms with van der Waals surface area (Å²) in [6.07, 6.45) is 0.590. The smallest absolute Gasteiger partial charge is 0.230 e. The molecule has 1 rings (SSSR count). The summed E-state index contributed by atoms with van der Waals surface area (Å²) < 4.78 is 0. The molecular weight excluding hydrogens is 178 g/mol. The second-order valence-electron chi connectivity index (χ2n) is 2.99. The standard InChI is InChI=1S/C11H13NO2/c1-2-10(13)12-11(14)8-9-6-4-3-5-7-9/h3-7H,2,8H2,1H3,(H,12,13,14). The molecule has 2 amide bonds. The summed E-state index contributed by atoms with van der Waals surface area (Å²) >= 11 is 0. The van der Waals surface area contributed by atoms with Gasteiger partial charge in [-0.15, -0.1) is 0 Å². The Hall–Kier alpha value is -1.64. The molecule has 0 spiro atoms. The summed E-state index contributed by atoms with van der Waals surface area (Å²) in [6, 6.07) is 9.33. The van der Waals surface area contributed by atoms with Gasteiger partial charge in [-0.05, 0) is 5.56 Å². The predicted octanol–water partition coefficient (Wildman–Crippen LogP) is 1.28. The molecule has 0 aromatic heterocycles.